The largest absolute Gasteiger partial charge is 0.372 e. The number of ketones is 1. The van der Waals surface area contributed by atoms with E-state index < -0.39 is 0 Å². The molecule has 1 aliphatic rings. The van der Waals surface area contributed by atoms with E-state index in [1.807, 2.05) is 30.5 Å². The van der Waals surface area contributed by atoms with Crippen molar-refractivity contribution in [2.75, 3.05) is 0 Å². The zero-order valence-corrected chi connectivity index (χ0v) is 11.4. The summed E-state index contributed by atoms with van der Waals surface area (Å²) >= 11 is 7.54. The van der Waals surface area contributed by atoms with Crippen molar-refractivity contribution >= 4 is 28.7 Å². The molecule has 18 heavy (non-hydrogen) atoms. The maximum Gasteiger partial charge on any atom is 0.204 e. The van der Waals surface area contributed by atoms with E-state index >= 15 is 0 Å². The maximum absolute atomic E-state index is 12.4. The lowest BCUT2D eigenvalue weighted by molar-refractivity contribution is 0.104. The molecule has 0 fully saturated rings. The van der Waals surface area contributed by atoms with E-state index in [2.05, 4.69) is 0 Å². The quantitative estimate of drug-likeness (QED) is 0.777. The number of thiophene rings is 1. The van der Waals surface area contributed by atoms with Gasteiger partial charge in [0.25, 0.3) is 0 Å². The van der Waals surface area contributed by atoms with Crippen LogP contribution in [-0.4, -0.2) is 5.78 Å². The molecule has 0 saturated heterocycles. The summed E-state index contributed by atoms with van der Waals surface area (Å²) in [6.45, 7) is 3.14. The van der Waals surface area contributed by atoms with Crippen molar-refractivity contribution in [3.63, 3.8) is 0 Å². The molecule has 2 heterocycles. The zero-order chi connectivity index (χ0) is 12.7. The molecule has 92 valence electrons. The minimum Gasteiger partial charge on any atom is -0.372 e. The Balaban J connectivity index is 2.00. The predicted molar refractivity (Wildman–Crippen MR) is 72.4 cm³/mol. The molecule has 2 aromatic rings. The summed E-state index contributed by atoms with van der Waals surface area (Å²) in [4.78, 5) is 13.0. The lowest BCUT2D eigenvalue weighted by atomic mass is 10.0. The number of rotatable bonds is 2. The van der Waals surface area contributed by atoms with Crippen molar-refractivity contribution in [1.29, 1.82) is 0 Å². The fourth-order valence-corrected chi connectivity index (χ4v) is 3.27. The Labute approximate surface area is 114 Å². The second kappa shape index (κ2) is 4.50. The van der Waals surface area contributed by atoms with Gasteiger partial charge in [0, 0.05) is 5.56 Å². The summed E-state index contributed by atoms with van der Waals surface area (Å²) in [5.41, 5.74) is 3.91. The molecule has 0 amide bonds. The highest BCUT2D eigenvalue weighted by atomic mass is 35.5. The van der Waals surface area contributed by atoms with E-state index in [-0.39, 0.29) is 5.78 Å². The zero-order valence-electron chi connectivity index (χ0n) is 9.83. The molecule has 0 spiro atoms. The van der Waals surface area contributed by atoms with Crippen molar-refractivity contribution in [2.24, 2.45) is 0 Å². The molecule has 1 aromatic carbocycles. The number of carbonyl (C=O) groups excluding carboxylic acids is 1. The Morgan fingerprint density at radius 1 is 1.33 bits per heavy atom. The molecule has 0 radical (unpaired) electrons. The minimum absolute atomic E-state index is 0.00667. The third-order valence-electron chi connectivity index (χ3n) is 3.09. The summed E-state index contributed by atoms with van der Waals surface area (Å²) in [5.74, 6) is -0.00667. The lowest BCUT2D eigenvalue weighted by Gasteiger charge is -2.02. The average molecular weight is 279 g/mol. The first-order valence-corrected chi connectivity index (χ1v) is 6.90. The number of hydrogen-bond acceptors (Lipinski definition) is 3. The average Bonchev–Trinajstić information content (AvgIpc) is 2.96. The van der Waals surface area contributed by atoms with Gasteiger partial charge in [0.1, 0.15) is 0 Å². The Morgan fingerprint density at radius 3 is 2.83 bits per heavy atom. The molecule has 1 aromatic heterocycles. The van der Waals surface area contributed by atoms with Gasteiger partial charge in [0.05, 0.1) is 23.1 Å². The maximum atomic E-state index is 12.4. The van der Waals surface area contributed by atoms with Crippen LogP contribution in [-0.2, 0) is 18.0 Å². The Bertz CT molecular complexity index is 631. The van der Waals surface area contributed by atoms with Crippen molar-refractivity contribution in [3.8, 4) is 0 Å². The van der Waals surface area contributed by atoms with E-state index in [0.717, 1.165) is 11.1 Å². The van der Waals surface area contributed by atoms with Crippen LogP contribution in [0.4, 0.5) is 0 Å². The van der Waals surface area contributed by atoms with Gasteiger partial charge in [-0.15, -0.1) is 11.3 Å². The molecule has 0 atom stereocenters. The molecule has 0 N–H and O–H groups in total. The number of halogens is 1. The van der Waals surface area contributed by atoms with Crippen LogP contribution in [0.5, 0.6) is 0 Å². The summed E-state index contributed by atoms with van der Waals surface area (Å²) in [7, 11) is 0. The van der Waals surface area contributed by atoms with Crippen LogP contribution in [0.3, 0.4) is 0 Å². The molecule has 2 nitrogen and oxygen atoms in total. The van der Waals surface area contributed by atoms with Gasteiger partial charge in [-0.1, -0.05) is 23.7 Å². The first-order valence-electron chi connectivity index (χ1n) is 5.64. The van der Waals surface area contributed by atoms with Crippen LogP contribution in [0, 0.1) is 6.92 Å². The molecular weight excluding hydrogens is 268 g/mol. The predicted octanol–water partition coefficient (Wildman–Crippen LogP) is 3.97. The lowest BCUT2D eigenvalue weighted by Crippen LogP contribution is -2.00. The smallest absolute Gasteiger partial charge is 0.204 e. The van der Waals surface area contributed by atoms with E-state index in [4.69, 9.17) is 16.3 Å². The highest BCUT2D eigenvalue weighted by molar-refractivity contribution is 7.13. The van der Waals surface area contributed by atoms with Crippen LogP contribution in [0.15, 0.2) is 23.6 Å². The molecule has 3 rings (SSSR count). The van der Waals surface area contributed by atoms with E-state index in [1.54, 1.807) is 0 Å². The van der Waals surface area contributed by atoms with Crippen LogP contribution in [0.1, 0.15) is 31.9 Å². The second-order valence-corrected chi connectivity index (χ2v) is 5.62. The van der Waals surface area contributed by atoms with E-state index in [0.29, 0.717) is 28.7 Å². The molecule has 1 aliphatic heterocycles. The summed E-state index contributed by atoms with van der Waals surface area (Å²) in [6, 6.07) is 5.72. The van der Waals surface area contributed by atoms with Crippen molar-refractivity contribution < 1.29 is 9.53 Å². The molecule has 0 aliphatic carbocycles. The molecular formula is C14H11ClO2S. The Morgan fingerprint density at radius 2 is 2.11 bits per heavy atom. The third kappa shape index (κ3) is 1.88. The first-order chi connectivity index (χ1) is 8.66. The van der Waals surface area contributed by atoms with Gasteiger partial charge in [-0.3, -0.25) is 4.79 Å². The van der Waals surface area contributed by atoms with Crippen LogP contribution >= 0.6 is 22.9 Å². The standard InChI is InChI=1S/C14H11ClO2S/c1-8-7-18-14(12(8)15)13(16)9-2-3-10-5-17-6-11(10)4-9/h2-4,7H,5-6H2,1H3. The van der Waals surface area contributed by atoms with Crippen molar-refractivity contribution in [1.82, 2.24) is 0 Å². The van der Waals surface area contributed by atoms with Gasteiger partial charge in [-0.25, -0.2) is 0 Å². The number of aryl methyl sites for hydroxylation is 1. The number of ether oxygens (including phenoxy) is 1. The van der Waals surface area contributed by atoms with Gasteiger partial charge in [-0.2, -0.15) is 0 Å². The normalized spacial score (nSPS) is 13.7. The summed E-state index contributed by atoms with van der Waals surface area (Å²) < 4.78 is 5.35. The first kappa shape index (κ1) is 11.9. The van der Waals surface area contributed by atoms with Gasteiger partial charge in [0.2, 0.25) is 5.78 Å². The summed E-state index contributed by atoms with van der Waals surface area (Å²) in [5, 5.41) is 2.48. The highest BCUT2D eigenvalue weighted by Gasteiger charge is 2.19. The van der Waals surface area contributed by atoms with Gasteiger partial charge < -0.3 is 4.74 Å². The second-order valence-electron chi connectivity index (χ2n) is 4.37. The van der Waals surface area contributed by atoms with Crippen LogP contribution < -0.4 is 0 Å². The number of hydrogen-bond donors (Lipinski definition) is 0. The van der Waals surface area contributed by atoms with Gasteiger partial charge >= 0.3 is 0 Å². The monoisotopic (exact) mass is 278 g/mol. The third-order valence-corrected chi connectivity index (χ3v) is 4.78. The van der Waals surface area contributed by atoms with Gasteiger partial charge in [0.15, 0.2) is 0 Å². The van der Waals surface area contributed by atoms with E-state index in [9.17, 15) is 4.79 Å². The highest BCUT2D eigenvalue weighted by Crippen LogP contribution is 2.30. The van der Waals surface area contributed by atoms with Gasteiger partial charge in [-0.05, 0) is 35.1 Å². The Kier molecular flexibility index (Phi) is 2.98. The number of benzene rings is 1. The van der Waals surface area contributed by atoms with E-state index in [1.165, 1.54) is 16.9 Å². The number of fused-ring (bicyclic) bond motifs is 1. The summed E-state index contributed by atoms with van der Waals surface area (Å²) in [6.07, 6.45) is 0. The van der Waals surface area contributed by atoms with Crippen molar-refractivity contribution in [3.05, 3.63) is 55.7 Å². The molecule has 0 bridgehead atoms. The topological polar surface area (TPSA) is 26.3 Å². The fraction of sp³-hybridized carbons (Fsp3) is 0.214. The van der Waals surface area contributed by atoms with Crippen LogP contribution in [0.2, 0.25) is 5.02 Å². The fourth-order valence-electron chi connectivity index (χ4n) is 2.03. The number of carbonyl (C=O) groups is 1. The minimum atomic E-state index is -0.00667. The molecule has 4 heteroatoms. The Hall–Kier alpha value is -1.16. The van der Waals surface area contributed by atoms with Crippen LogP contribution in [0.25, 0.3) is 0 Å². The van der Waals surface area contributed by atoms with Crippen molar-refractivity contribution in [2.45, 2.75) is 20.1 Å². The SMILES string of the molecule is Cc1csc(C(=O)c2ccc3c(c2)COC3)c1Cl. The molecule has 0 unspecified atom stereocenters. The molecule has 0 saturated carbocycles.